The maximum Gasteiger partial charge on any atom is 0.276 e. The number of carbonyl (C=O) groups excluding carboxylic acids is 1. The average Bonchev–Trinajstić information content (AvgIpc) is 3.35. The third-order valence-corrected chi connectivity index (χ3v) is 6.09. The number of ether oxygens (including phenoxy) is 3. The molecular weight excluding hydrogens is 446 g/mol. The molecule has 35 heavy (non-hydrogen) atoms. The minimum absolute atomic E-state index is 0.00738. The van der Waals surface area contributed by atoms with Crippen LogP contribution in [-0.4, -0.2) is 65.9 Å². The molecule has 0 bridgehead atoms. The Morgan fingerprint density at radius 2 is 1.74 bits per heavy atom. The van der Waals surface area contributed by atoms with Crippen molar-refractivity contribution in [3.8, 4) is 11.5 Å². The molecule has 1 amide bonds. The average molecular weight is 474 g/mol. The molecule has 9 nitrogen and oxygen atoms in total. The van der Waals surface area contributed by atoms with Crippen LogP contribution in [0.25, 0.3) is 5.65 Å². The van der Waals surface area contributed by atoms with Crippen LogP contribution in [0.15, 0.2) is 67.0 Å². The molecule has 0 spiro atoms. The zero-order chi connectivity index (χ0) is 24.2. The van der Waals surface area contributed by atoms with Gasteiger partial charge in [-0.3, -0.25) is 9.69 Å². The van der Waals surface area contributed by atoms with Crippen LogP contribution in [0, 0.1) is 0 Å². The maximum absolute atomic E-state index is 12.7. The number of methoxy groups -OCH3 is 2. The van der Waals surface area contributed by atoms with E-state index in [1.165, 1.54) is 0 Å². The van der Waals surface area contributed by atoms with Gasteiger partial charge in [0.05, 0.1) is 33.5 Å². The van der Waals surface area contributed by atoms with Gasteiger partial charge in [-0.05, 0) is 41.5 Å². The van der Waals surface area contributed by atoms with Gasteiger partial charge in [-0.15, -0.1) is 0 Å². The van der Waals surface area contributed by atoms with Crippen LogP contribution in [0.4, 0.5) is 5.69 Å². The van der Waals surface area contributed by atoms with Crippen LogP contribution in [0.1, 0.15) is 27.7 Å². The standard InChI is InChI=1S/C26H27N5O4/c1-33-22-9-6-19(16-23(22)34-2)25(30-12-14-35-15-13-30)18-4-7-20(8-5-18)28-26(32)21-17-24-27-10-3-11-31(24)29-21/h3-11,16-17,25H,12-15H2,1-2H3,(H,28,32). The Bertz CT molecular complexity index is 1280. The van der Waals surface area contributed by atoms with Crippen LogP contribution < -0.4 is 14.8 Å². The number of anilines is 1. The van der Waals surface area contributed by atoms with E-state index < -0.39 is 0 Å². The minimum Gasteiger partial charge on any atom is -0.493 e. The maximum atomic E-state index is 12.7. The normalized spacial score (nSPS) is 15.0. The lowest BCUT2D eigenvalue weighted by molar-refractivity contribution is 0.0239. The number of nitrogens with one attached hydrogen (secondary N) is 1. The highest BCUT2D eigenvalue weighted by molar-refractivity contribution is 6.03. The van der Waals surface area contributed by atoms with Gasteiger partial charge in [0.15, 0.2) is 22.8 Å². The van der Waals surface area contributed by atoms with Crippen molar-refractivity contribution in [2.75, 3.05) is 45.8 Å². The van der Waals surface area contributed by atoms with Crippen LogP contribution in [0.3, 0.4) is 0 Å². The summed E-state index contributed by atoms with van der Waals surface area (Å²) in [5.74, 6) is 1.10. The topological polar surface area (TPSA) is 90.2 Å². The molecule has 4 aromatic rings. The van der Waals surface area contributed by atoms with Crippen molar-refractivity contribution >= 4 is 17.2 Å². The first-order valence-electron chi connectivity index (χ1n) is 11.4. The number of hydrogen-bond acceptors (Lipinski definition) is 7. The third-order valence-electron chi connectivity index (χ3n) is 6.09. The van der Waals surface area contributed by atoms with E-state index in [2.05, 4.69) is 26.4 Å². The van der Waals surface area contributed by atoms with Crippen molar-refractivity contribution in [1.82, 2.24) is 19.5 Å². The summed E-state index contributed by atoms with van der Waals surface area (Å²) in [5.41, 5.74) is 3.82. The zero-order valence-electron chi connectivity index (χ0n) is 19.7. The molecule has 2 aromatic heterocycles. The Kier molecular flexibility index (Phi) is 6.60. The summed E-state index contributed by atoms with van der Waals surface area (Å²) in [6, 6.07) is 17.4. The molecule has 2 aromatic carbocycles. The summed E-state index contributed by atoms with van der Waals surface area (Å²) in [6.45, 7) is 3.01. The lowest BCUT2D eigenvalue weighted by Gasteiger charge is -2.35. The van der Waals surface area contributed by atoms with Crippen LogP contribution in [-0.2, 0) is 4.74 Å². The van der Waals surface area contributed by atoms with Gasteiger partial charge in [-0.1, -0.05) is 18.2 Å². The summed E-state index contributed by atoms with van der Waals surface area (Å²) < 4.78 is 18.1. The number of carbonyl (C=O) groups is 1. The van der Waals surface area contributed by atoms with Gasteiger partial charge in [0.2, 0.25) is 0 Å². The molecule has 180 valence electrons. The lowest BCUT2D eigenvalue weighted by Crippen LogP contribution is -2.39. The zero-order valence-corrected chi connectivity index (χ0v) is 19.7. The van der Waals surface area contributed by atoms with E-state index in [-0.39, 0.29) is 11.9 Å². The van der Waals surface area contributed by atoms with Crippen molar-refractivity contribution in [3.05, 3.63) is 83.8 Å². The second-order valence-corrected chi connectivity index (χ2v) is 8.19. The molecule has 1 fully saturated rings. The molecule has 1 N–H and O–H groups in total. The highest BCUT2D eigenvalue weighted by atomic mass is 16.5. The van der Waals surface area contributed by atoms with Gasteiger partial charge in [-0.2, -0.15) is 5.10 Å². The van der Waals surface area contributed by atoms with Gasteiger partial charge >= 0.3 is 0 Å². The summed E-state index contributed by atoms with van der Waals surface area (Å²) in [7, 11) is 3.27. The number of rotatable bonds is 7. The highest BCUT2D eigenvalue weighted by Gasteiger charge is 2.25. The van der Waals surface area contributed by atoms with E-state index in [1.807, 2.05) is 36.4 Å². The van der Waals surface area contributed by atoms with Crippen LogP contribution in [0.2, 0.25) is 0 Å². The molecule has 9 heteroatoms. The summed E-state index contributed by atoms with van der Waals surface area (Å²) in [6.07, 6.45) is 3.43. The fourth-order valence-corrected chi connectivity index (χ4v) is 4.36. The second-order valence-electron chi connectivity index (χ2n) is 8.19. The second kappa shape index (κ2) is 10.1. The van der Waals surface area contributed by atoms with E-state index in [1.54, 1.807) is 43.3 Å². The number of nitrogens with zero attached hydrogens (tertiary/aromatic N) is 4. The Hall–Kier alpha value is -3.95. The summed E-state index contributed by atoms with van der Waals surface area (Å²) in [4.78, 5) is 19.3. The quantitative estimate of drug-likeness (QED) is 0.440. The van der Waals surface area contributed by atoms with Crippen molar-refractivity contribution in [2.24, 2.45) is 0 Å². The van der Waals surface area contributed by atoms with Gasteiger partial charge in [0, 0.05) is 37.2 Å². The minimum atomic E-state index is -0.284. The molecule has 0 aliphatic carbocycles. The molecule has 1 unspecified atom stereocenters. The fourth-order valence-electron chi connectivity index (χ4n) is 4.36. The van der Waals surface area contributed by atoms with E-state index in [4.69, 9.17) is 14.2 Å². The van der Waals surface area contributed by atoms with Crippen molar-refractivity contribution in [3.63, 3.8) is 0 Å². The molecule has 5 rings (SSSR count). The predicted molar refractivity (Wildman–Crippen MR) is 131 cm³/mol. The predicted octanol–water partition coefficient (Wildman–Crippen LogP) is 3.42. The Morgan fingerprint density at radius 3 is 2.46 bits per heavy atom. The number of aromatic nitrogens is 3. The molecular formula is C26H27N5O4. The molecule has 1 saturated heterocycles. The smallest absolute Gasteiger partial charge is 0.276 e. The Labute approximate surface area is 203 Å². The SMILES string of the molecule is COc1ccc(C(c2ccc(NC(=O)c3cc4ncccn4n3)cc2)N2CCOCC2)cc1OC. The fraction of sp³-hybridized carbons (Fsp3) is 0.269. The molecule has 1 aliphatic heterocycles. The van der Waals surface area contributed by atoms with Crippen LogP contribution in [0.5, 0.6) is 11.5 Å². The number of amides is 1. The monoisotopic (exact) mass is 473 g/mol. The number of hydrogen-bond donors (Lipinski definition) is 1. The van der Waals surface area contributed by atoms with Gasteiger partial charge in [-0.25, -0.2) is 9.50 Å². The van der Waals surface area contributed by atoms with Crippen molar-refractivity contribution in [2.45, 2.75) is 6.04 Å². The molecule has 1 atom stereocenters. The lowest BCUT2D eigenvalue weighted by atomic mass is 9.96. The van der Waals surface area contributed by atoms with E-state index in [0.29, 0.717) is 41.7 Å². The highest BCUT2D eigenvalue weighted by Crippen LogP contribution is 2.36. The first-order chi connectivity index (χ1) is 17.2. The third kappa shape index (κ3) is 4.82. The number of fused-ring (bicyclic) bond motifs is 1. The van der Waals surface area contributed by atoms with E-state index in [9.17, 15) is 4.79 Å². The van der Waals surface area contributed by atoms with E-state index in [0.717, 1.165) is 24.2 Å². The largest absolute Gasteiger partial charge is 0.493 e. The first-order valence-corrected chi connectivity index (χ1v) is 11.4. The van der Waals surface area contributed by atoms with Gasteiger partial charge in [0.1, 0.15) is 0 Å². The van der Waals surface area contributed by atoms with Gasteiger partial charge < -0.3 is 19.5 Å². The van der Waals surface area contributed by atoms with Crippen molar-refractivity contribution < 1.29 is 19.0 Å². The van der Waals surface area contributed by atoms with E-state index >= 15 is 0 Å². The Morgan fingerprint density at radius 1 is 1.00 bits per heavy atom. The molecule has 0 radical (unpaired) electrons. The van der Waals surface area contributed by atoms with Crippen molar-refractivity contribution in [1.29, 1.82) is 0 Å². The summed E-state index contributed by atoms with van der Waals surface area (Å²) in [5, 5.41) is 7.21. The molecule has 0 saturated carbocycles. The van der Waals surface area contributed by atoms with Crippen LogP contribution >= 0.6 is 0 Å². The Balaban J connectivity index is 1.40. The first kappa shape index (κ1) is 22.8. The van der Waals surface area contributed by atoms with Gasteiger partial charge in [0.25, 0.3) is 5.91 Å². The number of morpholine rings is 1. The summed E-state index contributed by atoms with van der Waals surface area (Å²) >= 11 is 0. The number of benzene rings is 2. The molecule has 1 aliphatic rings. The molecule has 3 heterocycles.